The Balaban J connectivity index is 2.12. The number of hydrogen-bond acceptors (Lipinski definition) is 3. The molecule has 4 nitrogen and oxygen atoms in total. The van der Waals surface area contributed by atoms with E-state index in [1.54, 1.807) is 0 Å². The molecule has 0 radical (unpaired) electrons. The third kappa shape index (κ3) is 1.92. The summed E-state index contributed by atoms with van der Waals surface area (Å²) >= 11 is 0. The van der Waals surface area contributed by atoms with Crippen molar-refractivity contribution in [3.05, 3.63) is 17.5 Å². The molecular weight excluding hydrogens is 188 g/mol. The molecule has 2 rings (SSSR count). The van der Waals surface area contributed by atoms with Crippen LogP contribution < -0.4 is 5.32 Å². The standard InChI is InChI=1S/C11H20N4/c1-8-11(7-14(3)13-8)9(2)15(4)10-5-12-6-10/h7,9-10,12H,5-6H2,1-4H3. The minimum Gasteiger partial charge on any atom is -0.314 e. The van der Waals surface area contributed by atoms with Crippen molar-refractivity contribution < 1.29 is 0 Å². The molecule has 1 fully saturated rings. The van der Waals surface area contributed by atoms with Crippen LogP contribution in [0.1, 0.15) is 24.2 Å². The summed E-state index contributed by atoms with van der Waals surface area (Å²) in [4.78, 5) is 2.43. The second kappa shape index (κ2) is 3.94. The molecule has 15 heavy (non-hydrogen) atoms. The van der Waals surface area contributed by atoms with Gasteiger partial charge in [-0.15, -0.1) is 0 Å². The molecule has 2 heterocycles. The summed E-state index contributed by atoms with van der Waals surface area (Å²) in [6, 6.07) is 1.13. The van der Waals surface area contributed by atoms with Gasteiger partial charge in [-0.05, 0) is 20.9 Å². The summed E-state index contributed by atoms with van der Waals surface area (Å²) in [7, 11) is 4.18. The second-order valence-corrected chi connectivity index (χ2v) is 4.50. The molecule has 4 heteroatoms. The van der Waals surface area contributed by atoms with Gasteiger partial charge < -0.3 is 5.32 Å². The molecule has 0 spiro atoms. The lowest BCUT2D eigenvalue weighted by molar-refractivity contribution is 0.136. The van der Waals surface area contributed by atoms with E-state index < -0.39 is 0 Å². The Kier molecular flexibility index (Phi) is 2.80. The van der Waals surface area contributed by atoms with E-state index >= 15 is 0 Å². The first-order chi connectivity index (χ1) is 7.09. The summed E-state index contributed by atoms with van der Waals surface area (Å²) in [5.74, 6) is 0. The molecule has 0 amide bonds. The molecule has 1 atom stereocenters. The number of rotatable bonds is 3. The maximum Gasteiger partial charge on any atom is 0.0641 e. The maximum absolute atomic E-state index is 4.39. The van der Waals surface area contributed by atoms with Crippen molar-refractivity contribution in [3.8, 4) is 0 Å². The van der Waals surface area contributed by atoms with Gasteiger partial charge in [-0.3, -0.25) is 9.58 Å². The van der Waals surface area contributed by atoms with Gasteiger partial charge in [0, 0.05) is 44.0 Å². The van der Waals surface area contributed by atoms with E-state index in [0.29, 0.717) is 12.1 Å². The Morgan fingerprint density at radius 2 is 2.27 bits per heavy atom. The van der Waals surface area contributed by atoms with Crippen LogP contribution in [-0.2, 0) is 7.05 Å². The Morgan fingerprint density at radius 3 is 2.67 bits per heavy atom. The molecule has 1 aromatic rings. The number of aryl methyl sites for hydroxylation is 2. The van der Waals surface area contributed by atoms with Crippen molar-refractivity contribution >= 4 is 0 Å². The zero-order chi connectivity index (χ0) is 11.0. The zero-order valence-corrected chi connectivity index (χ0v) is 9.99. The Bertz CT molecular complexity index is 340. The van der Waals surface area contributed by atoms with E-state index in [0.717, 1.165) is 18.8 Å². The van der Waals surface area contributed by atoms with Crippen molar-refractivity contribution in [2.75, 3.05) is 20.1 Å². The lowest BCUT2D eigenvalue weighted by Gasteiger charge is -2.39. The smallest absolute Gasteiger partial charge is 0.0641 e. The molecule has 84 valence electrons. The first-order valence-electron chi connectivity index (χ1n) is 5.52. The lowest BCUT2D eigenvalue weighted by Crippen LogP contribution is -2.56. The predicted molar refractivity (Wildman–Crippen MR) is 60.8 cm³/mol. The molecule has 0 aromatic carbocycles. The molecular formula is C11H20N4. The zero-order valence-electron chi connectivity index (χ0n) is 9.99. The fourth-order valence-corrected chi connectivity index (χ4v) is 2.13. The van der Waals surface area contributed by atoms with Gasteiger partial charge in [-0.1, -0.05) is 0 Å². The lowest BCUT2D eigenvalue weighted by atomic mass is 10.0. The molecule has 1 aliphatic heterocycles. The van der Waals surface area contributed by atoms with Crippen LogP contribution in [0.25, 0.3) is 0 Å². The van der Waals surface area contributed by atoms with E-state index in [1.165, 1.54) is 5.56 Å². The van der Waals surface area contributed by atoms with E-state index in [9.17, 15) is 0 Å². The average molecular weight is 208 g/mol. The number of nitrogens with one attached hydrogen (secondary N) is 1. The van der Waals surface area contributed by atoms with Gasteiger partial charge in [-0.25, -0.2) is 0 Å². The van der Waals surface area contributed by atoms with Gasteiger partial charge >= 0.3 is 0 Å². The quantitative estimate of drug-likeness (QED) is 0.793. The van der Waals surface area contributed by atoms with E-state index in [1.807, 2.05) is 11.7 Å². The van der Waals surface area contributed by atoms with Crippen molar-refractivity contribution in [1.82, 2.24) is 20.0 Å². The molecule has 1 aliphatic rings. The Hall–Kier alpha value is -0.870. The third-order valence-corrected chi connectivity index (χ3v) is 3.45. The highest BCUT2D eigenvalue weighted by atomic mass is 15.3. The summed E-state index contributed by atoms with van der Waals surface area (Å²) < 4.78 is 1.90. The van der Waals surface area contributed by atoms with Gasteiger partial charge in [0.05, 0.1) is 5.69 Å². The monoisotopic (exact) mass is 208 g/mol. The van der Waals surface area contributed by atoms with E-state index in [-0.39, 0.29) is 0 Å². The third-order valence-electron chi connectivity index (χ3n) is 3.45. The number of likely N-dealkylation sites (N-methyl/N-ethyl adjacent to an activating group) is 1. The van der Waals surface area contributed by atoms with Crippen LogP contribution in [-0.4, -0.2) is 40.9 Å². The van der Waals surface area contributed by atoms with Crippen LogP contribution in [0.2, 0.25) is 0 Å². The summed E-state index contributed by atoms with van der Waals surface area (Å²) in [6.07, 6.45) is 2.13. The molecule has 1 N–H and O–H groups in total. The fraction of sp³-hybridized carbons (Fsp3) is 0.727. The Morgan fingerprint density at radius 1 is 1.60 bits per heavy atom. The highest BCUT2D eigenvalue weighted by Crippen LogP contribution is 2.23. The van der Waals surface area contributed by atoms with Crippen LogP contribution in [0.3, 0.4) is 0 Å². The Labute approximate surface area is 91.3 Å². The minimum absolute atomic E-state index is 0.450. The number of aromatic nitrogens is 2. The average Bonchev–Trinajstić information content (AvgIpc) is 2.41. The van der Waals surface area contributed by atoms with E-state index in [2.05, 4.69) is 42.4 Å². The van der Waals surface area contributed by atoms with Crippen LogP contribution in [0, 0.1) is 6.92 Å². The largest absolute Gasteiger partial charge is 0.314 e. The fourth-order valence-electron chi connectivity index (χ4n) is 2.13. The van der Waals surface area contributed by atoms with Crippen LogP contribution in [0.4, 0.5) is 0 Å². The molecule has 1 unspecified atom stereocenters. The number of nitrogens with zero attached hydrogens (tertiary/aromatic N) is 3. The molecule has 1 saturated heterocycles. The van der Waals surface area contributed by atoms with Crippen molar-refractivity contribution in [1.29, 1.82) is 0 Å². The van der Waals surface area contributed by atoms with Crippen LogP contribution in [0.15, 0.2) is 6.20 Å². The minimum atomic E-state index is 0.450. The van der Waals surface area contributed by atoms with Crippen molar-refractivity contribution in [2.45, 2.75) is 25.9 Å². The van der Waals surface area contributed by atoms with E-state index in [4.69, 9.17) is 0 Å². The summed E-state index contributed by atoms with van der Waals surface area (Å²) in [6.45, 7) is 6.56. The van der Waals surface area contributed by atoms with Gasteiger partial charge in [0.25, 0.3) is 0 Å². The highest BCUT2D eigenvalue weighted by molar-refractivity contribution is 5.19. The van der Waals surface area contributed by atoms with Crippen LogP contribution >= 0.6 is 0 Å². The maximum atomic E-state index is 4.39. The topological polar surface area (TPSA) is 33.1 Å². The summed E-state index contributed by atoms with van der Waals surface area (Å²) in [5.41, 5.74) is 2.48. The first kappa shape index (κ1) is 10.6. The molecule has 0 aliphatic carbocycles. The highest BCUT2D eigenvalue weighted by Gasteiger charge is 2.27. The van der Waals surface area contributed by atoms with Gasteiger partial charge in [0.2, 0.25) is 0 Å². The molecule has 0 saturated carbocycles. The van der Waals surface area contributed by atoms with Crippen molar-refractivity contribution in [3.63, 3.8) is 0 Å². The summed E-state index contributed by atoms with van der Waals surface area (Å²) in [5, 5.41) is 7.70. The van der Waals surface area contributed by atoms with Gasteiger partial charge in [0.1, 0.15) is 0 Å². The van der Waals surface area contributed by atoms with Gasteiger partial charge in [-0.2, -0.15) is 5.10 Å². The molecule has 1 aromatic heterocycles. The molecule has 0 bridgehead atoms. The van der Waals surface area contributed by atoms with Crippen LogP contribution in [0.5, 0.6) is 0 Å². The van der Waals surface area contributed by atoms with Gasteiger partial charge in [0.15, 0.2) is 0 Å². The predicted octanol–water partition coefficient (Wildman–Crippen LogP) is 0.693. The van der Waals surface area contributed by atoms with Crippen molar-refractivity contribution in [2.24, 2.45) is 7.05 Å². The normalized spacial score (nSPS) is 19.3. The number of hydrogen-bond donors (Lipinski definition) is 1. The first-order valence-corrected chi connectivity index (χ1v) is 5.52. The SMILES string of the molecule is Cc1nn(C)cc1C(C)N(C)C1CNC1. The second-order valence-electron chi connectivity index (χ2n) is 4.50.